The number of imide groups is 1. The van der Waals surface area contributed by atoms with E-state index in [-0.39, 0.29) is 23.9 Å². The maximum Gasteiger partial charge on any atom is 0.337 e. The highest BCUT2D eigenvalue weighted by atomic mass is 16.4. The van der Waals surface area contributed by atoms with Gasteiger partial charge in [0, 0.05) is 12.1 Å². The molecule has 1 aliphatic rings. The van der Waals surface area contributed by atoms with E-state index in [0.717, 1.165) is 11.0 Å². The molecule has 4 aromatic rings. The number of carbonyl (C=O) groups is 3. The summed E-state index contributed by atoms with van der Waals surface area (Å²) in [5.74, 6) is -1.69. The summed E-state index contributed by atoms with van der Waals surface area (Å²) in [6.07, 6.45) is 0. The first-order valence-electron chi connectivity index (χ1n) is 9.49. The molecule has 3 aromatic carbocycles. The second-order valence-electron chi connectivity index (χ2n) is 7.35. The fraction of sp³-hybridized carbons (Fsp3) is 0.0833. The summed E-state index contributed by atoms with van der Waals surface area (Å²) in [7, 11) is 1.89. The molecule has 0 fully saturated rings. The van der Waals surface area contributed by atoms with Crippen molar-refractivity contribution >= 4 is 39.6 Å². The molecule has 1 aromatic heterocycles. The number of fused-ring (bicyclic) bond motifs is 3. The molecule has 0 unspecified atom stereocenters. The number of carboxylic acids is 1. The van der Waals surface area contributed by atoms with Crippen LogP contribution < -0.4 is 4.57 Å². The first-order chi connectivity index (χ1) is 14.5. The van der Waals surface area contributed by atoms with Gasteiger partial charge in [-0.3, -0.25) is 14.5 Å². The van der Waals surface area contributed by atoms with E-state index >= 15 is 0 Å². The lowest BCUT2D eigenvalue weighted by atomic mass is 10.00. The van der Waals surface area contributed by atoms with Crippen LogP contribution in [-0.2, 0) is 13.6 Å². The van der Waals surface area contributed by atoms with Crippen LogP contribution in [0.25, 0.3) is 21.8 Å². The molecule has 0 spiro atoms. The van der Waals surface area contributed by atoms with E-state index in [1.165, 1.54) is 4.90 Å². The maximum absolute atomic E-state index is 12.7. The predicted octanol–water partition coefficient (Wildman–Crippen LogP) is 3.31. The number of aryl methyl sites for hydroxylation is 1. The van der Waals surface area contributed by atoms with Gasteiger partial charge in [0.1, 0.15) is 7.05 Å². The number of aromatic carboxylic acids is 1. The van der Waals surface area contributed by atoms with Crippen molar-refractivity contribution in [2.45, 2.75) is 6.54 Å². The maximum atomic E-state index is 12.7. The first kappa shape index (κ1) is 18.0. The second kappa shape index (κ2) is 6.49. The predicted molar refractivity (Wildman–Crippen MR) is 110 cm³/mol. The zero-order valence-corrected chi connectivity index (χ0v) is 16.1. The number of hydrogen-bond donors (Lipinski definition) is 1. The van der Waals surface area contributed by atoms with Crippen LogP contribution in [0.1, 0.15) is 36.6 Å². The minimum atomic E-state index is -1.02. The quantitative estimate of drug-likeness (QED) is 0.327. The lowest BCUT2D eigenvalue weighted by Gasteiger charge is -2.15. The van der Waals surface area contributed by atoms with Gasteiger partial charge in [0.2, 0.25) is 11.0 Å². The van der Waals surface area contributed by atoms with Crippen LogP contribution in [-0.4, -0.2) is 27.8 Å². The normalized spacial score (nSPS) is 13.3. The van der Waals surface area contributed by atoms with Gasteiger partial charge in [-0.25, -0.2) is 4.79 Å². The van der Waals surface area contributed by atoms with Gasteiger partial charge in [0.25, 0.3) is 11.8 Å². The van der Waals surface area contributed by atoms with Gasteiger partial charge < -0.3 is 5.11 Å². The van der Waals surface area contributed by atoms with Crippen molar-refractivity contribution < 1.29 is 24.1 Å². The van der Waals surface area contributed by atoms with Crippen LogP contribution in [0.2, 0.25) is 0 Å². The van der Waals surface area contributed by atoms with Crippen LogP contribution in [0.15, 0.2) is 66.7 Å². The third-order valence-corrected chi connectivity index (χ3v) is 5.66. The molecule has 0 aliphatic carbocycles. The molecule has 0 radical (unpaired) electrons. The Morgan fingerprint density at radius 1 is 0.867 bits per heavy atom. The molecule has 0 atom stereocenters. The molecule has 0 saturated heterocycles. The Bertz CT molecular complexity index is 1370. The first-order valence-corrected chi connectivity index (χ1v) is 9.49. The summed E-state index contributed by atoms with van der Waals surface area (Å²) < 4.78 is 1.95. The van der Waals surface area contributed by atoms with Gasteiger partial charge in [-0.05, 0) is 29.8 Å². The summed E-state index contributed by atoms with van der Waals surface area (Å²) in [5, 5.41) is 11.1. The summed E-state index contributed by atoms with van der Waals surface area (Å²) in [4.78, 5) is 38.7. The molecule has 2 amide bonds. The van der Waals surface area contributed by atoms with E-state index < -0.39 is 5.97 Å². The zero-order chi connectivity index (χ0) is 21.0. The molecule has 1 N–H and O–H groups in total. The van der Waals surface area contributed by atoms with E-state index in [4.69, 9.17) is 0 Å². The van der Waals surface area contributed by atoms with E-state index in [1.54, 1.807) is 36.4 Å². The third kappa shape index (κ3) is 2.50. The summed E-state index contributed by atoms with van der Waals surface area (Å²) >= 11 is 0. The molecule has 1 aliphatic heterocycles. The summed E-state index contributed by atoms with van der Waals surface area (Å²) in [5.41, 5.74) is 3.27. The van der Waals surface area contributed by atoms with Gasteiger partial charge in [-0.15, -0.1) is 0 Å². The molecule has 5 rings (SSSR count). The van der Waals surface area contributed by atoms with Gasteiger partial charge in [-0.1, -0.05) is 30.3 Å². The zero-order valence-electron chi connectivity index (χ0n) is 16.1. The fourth-order valence-corrected chi connectivity index (χ4v) is 4.22. The molecular weight excluding hydrogens is 380 g/mol. The van der Waals surface area contributed by atoms with Crippen molar-refractivity contribution in [3.63, 3.8) is 0 Å². The van der Waals surface area contributed by atoms with E-state index in [0.29, 0.717) is 27.5 Å². The lowest BCUT2D eigenvalue weighted by Crippen LogP contribution is -2.32. The molecule has 30 heavy (non-hydrogen) atoms. The Morgan fingerprint density at radius 3 is 2.13 bits per heavy atom. The van der Waals surface area contributed by atoms with Crippen LogP contribution >= 0.6 is 0 Å². The van der Waals surface area contributed by atoms with Crippen molar-refractivity contribution in [2.24, 2.45) is 7.05 Å². The Labute approximate surface area is 171 Å². The number of aromatic nitrogens is 1. The van der Waals surface area contributed by atoms with E-state index in [2.05, 4.69) is 0 Å². The van der Waals surface area contributed by atoms with Crippen LogP contribution in [0.5, 0.6) is 0 Å². The van der Waals surface area contributed by atoms with Crippen molar-refractivity contribution in [3.8, 4) is 0 Å². The number of benzene rings is 3. The van der Waals surface area contributed by atoms with Crippen LogP contribution in [0.3, 0.4) is 0 Å². The minimum absolute atomic E-state index is 0.0812. The van der Waals surface area contributed by atoms with Gasteiger partial charge in [0.05, 0.1) is 34.0 Å². The molecule has 6 nitrogen and oxygen atoms in total. The molecule has 0 bridgehead atoms. The smallest absolute Gasteiger partial charge is 0.337 e. The fourth-order valence-electron chi connectivity index (χ4n) is 4.22. The van der Waals surface area contributed by atoms with Gasteiger partial charge in [-0.2, -0.15) is 4.57 Å². The number of carboxylic acid groups (broad SMARTS) is 1. The van der Waals surface area contributed by atoms with Gasteiger partial charge in [0.15, 0.2) is 0 Å². The molecule has 2 heterocycles. The Hall–Kier alpha value is -4.06. The SMILES string of the molecule is C[n+]1c2ccccc2c(C(=O)O)c2cc(CN3C(=O)c4ccccc4C3=O)ccc21. The highest BCUT2D eigenvalue weighted by Crippen LogP contribution is 2.28. The average molecular weight is 397 g/mol. The monoisotopic (exact) mass is 397 g/mol. The topological polar surface area (TPSA) is 78.6 Å². The van der Waals surface area contributed by atoms with Crippen LogP contribution in [0, 0.1) is 0 Å². The highest BCUT2D eigenvalue weighted by molar-refractivity contribution is 6.21. The number of hydrogen-bond acceptors (Lipinski definition) is 3. The lowest BCUT2D eigenvalue weighted by molar-refractivity contribution is -0.617. The number of carbonyl (C=O) groups excluding carboxylic acids is 2. The Morgan fingerprint density at radius 2 is 1.47 bits per heavy atom. The molecular formula is C24H17N2O4+. The molecule has 6 heteroatoms. The van der Waals surface area contributed by atoms with Crippen molar-refractivity contribution in [1.82, 2.24) is 4.90 Å². The highest BCUT2D eigenvalue weighted by Gasteiger charge is 2.35. The minimum Gasteiger partial charge on any atom is -0.478 e. The number of nitrogens with zero attached hydrogens (tertiary/aromatic N) is 2. The van der Waals surface area contributed by atoms with E-state index in [9.17, 15) is 19.5 Å². The summed E-state index contributed by atoms with van der Waals surface area (Å²) in [6, 6.07) is 19.5. The number of pyridine rings is 1. The number of amides is 2. The van der Waals surface area contributed by atoms with E-state index in [1.807, 2.05) is 41.9 Å². The number of para-hydroxylation sites is 1. The van der Waals surface area contributed by atoms with Crippen LogP contribution in [0.4, 0.5) is 0 Å². The molecule has 0 saturated carbocycles. The summed E-state index contributed by atoms with van der Waals surface area (Å²) in [6.45, 7) is 0.0812. The number of rotatable bonds is 3. The van der Waals surface area contributed by atoms with Crippen molar-refractivity contribution in [1.29, 1.82) is 0 Å². The molecule has 146 valence electrons. The Balaban J connectivity index is 1.65. The van der Waals surface area contributed by atoms with Crippen molar-refractivity contribution in [3.05, 3.63) is 89.0 Å². The van der Waals surface area contributed by atoms with Gasteiger partial charge >= 0.3 is 5.97 Å². The second-order valence-corrected chi connectivity index (χ2v) is 7.35. The van der Waals surface area contributed by atoms with Crippen molar-refractivity contribution in [2.75, 3.05) is 0 Å². The average Bonchev–Trinajstić information content (AvgIpc) is 2.99. The Kier molecular flexibility index (Phi) is 3.89. The largest absolute Gasteiger partial charge is 0.478 e. The third-order valence-electron chi connectivity index (χ3n) is 5.66. The standard InChI is InChI=1S/C24H16N2O4/c1-25-19-9-5-4-8-17(19)21(24(29)30)18-12-14(10-11-20(18)25)13-26-22(27)15-6-2-3-7-16(15)23(26)28/h2-12H,13H2,1H3/p+1.